The van der Waals surface area contributed by atoms with Crippen LogP contribution < -0.4 is 5.32 Å². The lowest BCUT2D eigenvalue weighted by atomic mass is 9.91. The van der Waals surface area contributed by atoms with E-state index >= 15 is 0 Å². The molecule has 2 rings (SSSR count). The van der Waals surface area contributed by atoms with Crippen molar-refractivity contribution in [3.8, 4) is 0 Å². The molecular weight excluding hydrogens is 326 g/mol. The van der Waals surface area contributed by atoms with Crippen LogP contribution in [0.5, 0.6) is 0 Å². The quantitative estimate of drug-likeness (QED) is 0.498. The standard InChI is InChI=1S/C16H25N3O4Si/c1-16(2,3)9-14(23-24(4)5)18-10-11-6-7-12(19(21)22)8-13(11)17-15(18)20/h6-8,14,24H,9-10H2,1-5H3,(H,17,20). The van der Waals surface area contributed by atoms with Gasteiger partial charge < -0.3 is 9.74 Å². The number of anilines is 1. The molecule has 0 saturated heterocycles. The lowest BCUT2D eigenvalue weighted by Gasteiger charge is -2.39. The van der Waals surface area contributed by atoms with Gasteiger partial charge in [0.05, 0.1) is 17.2 Å². The molecule has 132 valence electrons. The summed E-state index contributed by atoms with van der Waals surface area (Å²) in [5.74, 6) is 0. The maximum absolute atomic E-state index is 12.5. The minimum atomic E-state index is -1.34. The second-order valence-corrected chi connectivity index (χ2v) is 9.93. The van der Waals surface area contributed by atoms with Gasteiger partial charge >= 0.3 is 6.03 Å². The molecule has 2 amide bonds. The Hall–Kier alpha value is -1.93. The normalized spacial score (nSPS) is 15.9. The second-order valence-electron chi connectivity index (χ2n) is 7.56. The smallest absolute Gasteiger partial charge is 0.324 e. The number of hydrogen-bond donors (Lipinski definition) is 1. The van der Waals surface area contributed by atoms with Gasteiger partial charge in [0.1, 0.15) is 6.23 Å². The van der Waals surface area contributed by atoms with Gasteiger partial charge in [-0.05, 0) is 36.6 Å². The summed E-state index contributed by atoms with van der Waals surface area (Å²) in [4.78, 5) is 24.6. The van der Waals surface area contributed by atoms with Crippen LogP contribution in [0.4, 0.5) is 16.2 Å². The monoisotopic (exact) mass is 351 g/mol. The van der Waals surface area contributed by atoms with Gasteiger partial charge in [-0.3, -0.25) is 15.0 Å². The maximum atomic E-state index is 12.5. The van der Waals surface area contributed by atoms with Crippen LogP contribution in [0.15, 0.2) is 18.2 Å². The lowest BCUT2D eigenvalue weighted by molar-refractivity contribution is -0.384. The molecule has 1 aromatic rings. The first kappa shape index (κ1) is 18.4. The van der Waals surface area contributed by atoms with Crippen LogP contribution in [0.2, 0.25) is 13.1 Å². The Kier molecular flexibility index (Phi) is 5.29. The van der Waals surface area contributed by atoms with Crippen molar-refractivity contribution in [3.05, 3.63) is 33.9 Å². The molecule has 0 aromatic heterocycles. The minimum absolute atomic E-state index is 0.0178. The first-order valence-electron chi connectivity index (χ1n) is 8.07. The van der Waals surface area contributed by atoms with Crippen molar-refractivity contribution in [2.75, 3.05) is 5.32 Å². The summed E-state index contributed by atoms with van der Waals surface area (Å²) in [6.07, 6.45) is 0.438. The second kappa shape index (κ2) is 6.90. The highest BCUT2D eigenvalue weighted by atomic mass is 28.3. The summed E-state index contributed by atoms with van der Waals surface area (Å²) in [6, 6.07) is 4.29. The fraction of sp³-hybridized carbons (Fsp3) is 0.562. The fourth-order valence-corrected chi connectivity index (χ4v) is 3.55. The molecule has 0 spiro atoms. The van der Waals surface area contributed by atoms with Crippen LogP contribution >= 0.6 is 0 Å². The summed E-state index contributed by atoms with van der Waals surface area (Å²) >= 11 is 0. The van der Waals surface area contributed by atoms with Gasteiger partial charge in [0.25, 0.3) is 5.69 Å². The number of nitro groups is 1. The molecule has 0 fully saturated rings. The molecule has 0 radical (unpaired) electrons. The Morgan fingerprint density at radius 3 is 2.62 bits per heavy atom. The van der Waals surface area contributed by atoms with Crippen LogP contribution in [0.1, 0.15) is 32.8 Å². The molecular formula is C16H25N3O4Si. The lowest BCUT2D eigenvalue weighted by Crippen LogP contribution is -2.49. The van der Waals surface area contributed by atoms with E-state index in [-0.39, 0.29) is 23.4 Å². The summed E-state index contributed by atoms with van der Waals surface area (Å²) in [6.45, 7) is 10.9. The molecule has 7 nitrogen and oxygen atoms in total. The van der Waals surface area contributed by atoms with Crippen molar-refractivity contribution in [2.45, 2.75) is 53.1 Å². The third kappa shape index (κ3) is 4.54. The Bertz CT molecular complexity index is 643. The average molecular weight is 351 g/mol. The van der Waals surface area contributed by atoms with Crippen LogP contribution in [-0.2, 0) is 11.0 Å². The van der Waals surface area contributed by atoms with Gasteiger partial charge in [0.2, 0.25) is 0 Å². The van der Waals surface area contributed by atoms with E-state index in [1.807, 2.05) is 0 Å². The highest BCUT2D eigenvalue weighted by molar-refractivity contribution is 6.48. The highest BCUT2D eigenvalue weighted by Gasteiger charge is 2.33. The molecule has 1 heterocycles. The van der Waals surface area contributed by atoms with Crippen LogP contribution in [0, 0.1) is 15.5 Å². The molecule has 1 aliphatic rings. The zero-order chi connectivity index (χ0) is 18.1. The number of carbonyl (C=O) groups is 1. The Labute approximate surface area is 143 Å². The molecule has 1 aromatic carbocycles. The first-order chi connectivity index (χ1) is 11.1. The van der Waals surface area contributed by atoms with Crippen molar-refractivity contribution < 1.29 is 14.1 Å². The zero-order valence-electron chi connectivity index (χ0n) is 14.8. The van der Waals surface area contributed by atoms with Gasteiger partial charge in [-0.2, -0.15) is 0 Å². The topological polar surface area (TPSA) is 84.7 Å². The number of carbonyl (C=O) groups excluding carboxylic acids is 1. The maximum Gasteiger partial charge on any atom is 0.324 e. The summed E-state index contributed by atoms with van der Waals surface area (Å²) in [5, 5.41) is 13.6. The van der Waals surface area contributed by atoms with E-state index in [4.69, 9.17) is 4.43 Å². The molecule has 1 unspecified atom stereocenters. The van der Waals surface area contributed by atoms with E-state index in [1.165, 1.54) is 12.1 Å². The molecule has 1 aliphatic heterocycles. The number of urea groups is 1. The van der Waals surface area contributed by atoms with Crippen molar-refractivity contribution >= 4 is 26.4 Å². The van der Waals surface area contributed by atoms with Crippen molar-refractivity contribution in [3.63, 3.8) is 0 Å². The zero-order valence-corrected chi connectivity index (χ0v) is 16.0. The third-order valence-corrected chi connectivity index (χ3v) is 4.57. The van der Waals surface area contributed by atoms with E-state index in [1.54, 1.807) is 11.0 Å². The number of nitrogens with one attached hydrogen (secondary N) is 1. The Balaban J connectivity index is 2.27. The average Bonchev–Trinajstić information content (AvgIpc) is 2.43. The Morgan fingerprint density at radius 2 is 2.08 bits per heavy atom. The molecule has 0 aliphatic carbocycles. The number of hydrogen-bond acceptors (Lipinski definition) is 4. The summed E-state index contributed by atoms with van der Waals surface area (Å²) < 4.78 is 6.11. The van der Waals surface area contributed by atoms with E-state index < -0.39 is 14.0 Å². The van der Waals surface area contributed by atoms with Crippen molar-refractivity contribution in [1.82, 2.24) is 4.90 Å². The van der Waals surface area contributed by atoms with Gasteiger partial charge in [-0.15, -0.1) is 0 Å². The summed E-state index contributed by atoms with van der Waals surface area (Å²) in [5.41, 5.74) is 1.35. The van der Waals surface area contributed by atoms with Crippen molar-refractivity contribution in [1.29, 1.82) is 0 Å². The van der Waals surface area contributed by atoms with Gasteiger partial charge in [-0.1, -0.05) is 20.8 Å². The molecule has 24 heavy (non-hydrogen) atoms. The van der Waals surface area contributed by atoms with Gasteiger partial charge in [-0.25, -0.2) is 4.79 Å². The molecule has 0 saturated carbocycles. The SMILES string of the molecule is C[SiH](C)OC(CC(C)(C)C)N1Cc2ccc([N+](=O)[O-])cc2NC1=O. The molecule has 1 N–H and O–H groups in total. The number of rotatable bonds is 5. The van der Waals surface area contributed by atoms with Crippen LogP contribution in [0.25, 0.3) is 0 Å². The fourth-order valence-electron chi connectivity index (χ4n) is 2.68. The first-order valence-corrected chi connectivity index (χ1v) is 10.9. The highest BCUT2D eigenvalue weighted by Crippen LogP contribution is 2.32. The number of nitrogens with zero attached hydrogens (tertiary/aromatic N) is 2. The molecule has 8 heteroatoms. The van der Waals surface area contributed by atoms with E-state index in [2.05, 4.69) is 39.2 Å². The number of fused-ring (bicyclic) bond motifs is 1. The van der Waals surface area contributed by atoms with E-state index in [9.17, 15) is 14.9 Å². The number of nitro benzene ring substituents is 1. The van der Waals surface area contributed by atoms with Crippen molar-refractivity contribution in [2.24, 2.45) is 5.41 Å². The number of amides is 2. The van der Waals surface area contributed by atoms with E-state index in [0.29, 0.717) is 12.2 Å². The number of benzene rings is 1. The van der Waals surface area contributed by atoms with Gasteiger partial charge in [0, 0.05) is 12.1 Å². The predicted octanol–water partition coefficient (Wildman–Crippen LogP) is 3.70. The molecule has 0 bridgehead atoms. The summed E-state index contributed by atoms with van der Waals surface area (Å²) in [7, 11) is -1.34. The molecule has 1 atom stereocenters. The van der Waals surface area contributed by atoms with Gasteiger partial charge in [0.15, 0.2) is 9.04 Å². The van der Waals surface area contributed by atoms with Crippen LogP contribution in [-0.4, -0.2) is 31.1 Å². The van der Waals surface area contributed by atoms with Crippen LogP contribution in [0.3, 0.4) is 0 Å². The number of non-ortho nitro benzene ring substituents is 1. The third-order valence-electron chi connectivity index (χ3n) is 3.71. The predicted molar refractivity (Wildman–Crippen MR) is 95.5 cm³/mol. The largest absolute Gasteiger partial charge is 0.401 e. The minimum Gasteiger partial charge on any atom is -0.401 e. The van der Waals surface area contributed by atoms with E-state index in [0.717, 1.165) is 12.0 Å². The Morgan fingerprint density at radius 1 is 1.42 bits per heavy atom.